The van der Waals surface area contributed by atoms with Gasteiger partial charge in [-0.25, -0.2) is 4.79 Å². The average molecular weight is 537 g/mol. The van der Waals surface area contributed by atoms with Gasteiger partial charge in [-0.2, -0.15) is 13.2 Å². The largest absolute Gasteiger partial charge is 0.417 e. The fourth-order valence-electron chi connectivity index (χ4n) is 4.51. The van der Waals surface area contributed by atoms with Crippen LogP contribution in [0.25, 0.3) is 0 Å². The molecular weight excluding hydrogens is 513 g/mol. The Morgan fingerprint density at radius 3 is 2.54 bits per heavy atom. The maximum Gasteiger partial charge on any atom is 0.417 e. The Labute approximate surface area is 215 Å². The molecule has 1 fully saturated rings. The Kier molecular flexibility index (Phi) is 7.18. The number of imide groups is 1. The van der Waals surface area contributed by atoms with Gasteiger partial charge < -0.3 is 10.2 Å². The van der Waals surface area contributed by atoms with Crippen molar-refractivity contribution in [2.24, 2.45) is 0 Å². The number of benzene rings is 2. The molecule has 2 aromatic carbocycles. The third-order valence-corrected chi connectivity index (χ3v) is 6.62. The highest BCUT2D eigenvalue weighted by atomic mass is 35.5. The van der Waals surface area contributed by atoms with Gasteiger partial charge in [-0.05, 0) is 55.7 Å². The van der Waals surface area contributed by atoms with Crippen molar-refractivity contribution in [3.8, 4) is 0 Å². The van der Waals surface area contributed by atoms with E-state index in [-0.39, 0.29) is 43.4 Å². The number of carbonyl (C=O) groups is 4. The maximum absolute atomic E-state index is 13.1. The molecule has 196 valence electrons. The minimum Gasteiger partial charge on any atom is -0.334 e. The first-order chi connectivity index (χ1) is 17.4. The molecule has 12 heteroatoms. The van der Waals surface area contributed by atoms with Crippen molar-refractivity contribution in [2.45, 2.75) is 58.0 Å². The second kappa shape index (κ2) is 10.0. The monoisotopic (exact) mass is 536 g/mol. The Bertz CT molecular complexity index is 1280. The zero-order valence-electron chi connectivity index (χ0n) is 20.0. The van der Waals surface area contributed by atoms with Crippen molar-refractivity contribution in [3.63, 3.8) is 0 Å². The van der Waals surface area contributed by atoms with Gasteiger partial charge in [0, 0.05) is 36.8 Å². The Morgan fingerprint density at radius 1 is 1.19 bits per heavy atom. The highest BCUT2D eigenvalue weighted by Crippen LogP contribution is 2.37. The summed E-state index contributed by atoms with van der Waals surface area (Å²) in [7, 11) is 0. The normalized spacial score (nSPS) is 17.6. The van der Waals surface area contributed by atoms with Crippen LogP contribution in [-0.4, -0.2) is 40.7 Å². The predicted octanol–water partition coefficient (Wildman–Crippen LogP) is 4.24. The van der Waals surface area contributed by atoms with Crippen LogP contribution in [-0.2, 0) is 28.9 Å². The summed E-state index contributed by atoms with van der Waals surface area (Å²) < 4.78 is 39.2. The Balaban J connectivity index is 1.46. The SMILES string of the molecule is CC(C)N(C(=O)NCc1ccc2c(c1)C(=O)N(C1CCC(=O)NC1=O)C2)c1ccc(C(F)(F)F)c(Cl)c1. The van der Waals surface area contributed by atoms with Gasteiger partial charge in [0.25, 0.3) is 5.91 Å². The summed E-state index contributed by atoms with van der Waals surface area (Å²) in [6.45, 7) is 3.71. The zero-order valence-corrected chi connectivity index (χ0v) is 20.7. The van der Waals surface area contributed by atoms with E-state index < -0.39 is 40.8 Å². The summed E-state index contributed by atoms with van der Waals surface area (Å²) in [5.41, 5.74) is 0.977. The molecule has 0 spiro atoms. The van der Waals surface area contributed by atoms with Crippen LogP contribution in [0.1, 0.15) is 53.7 Å². The van der Waals surface area contributed by atoms with Gasteiger partial charge in [-0.1, -0.05) is 23.7 Å². The third kappa shape index (κ3) is 5.41. The first-order valence-electron chi connectivity index (χ1n) is 11.6. The van der Waals surface area contributed by atoms with Crippen LogP contribution in [0.5, 0.6) is 0 Å². The molecular formula is C25H24ClF3N4O4. The average Bonchev–Trinajstić information content (AvgIpc) is 3.12. The number of nitrogens with one attached hydrogen (secondary N) is 2. The molecule has 0 aliphatic carbocycles. The molecule has 1 unspecified atom stereocenters. The number of carbonyl (C=O) groups excluding carboxylic acids is 4. The van der Waals surface area contributed by atoms with E-state index in [1.165, 1.54) is 15.9 Å². The lowest BCUT2D eigenvalue weighted by atomic mass is 10.0. The van der Waals surface area contributed by atoms with E-state index in [4.69, 9.17) is 11.6 Å². The Morgan fingerprint density at radius 2 is 1.92 bits per heavy atom. The molecule has 5 amide bonds. The summed E-state index contributed by atoms with van der Waals surface area (Å²) in [4.78, 5) is 52.3. The molecule has 1 saturated heterocycles. The fourth-order valence-corrected chi connectivity index (χ4v) is 4.79. The number of anilines is 1. The summed E-state index contributed by atoms with van der Waals surface area (Å²) in [6.07, 6.45) is -4.20. The van der Waals surface area contributed by atoms with E-state index in [1.54, 1.807) is 32.0 Å². The number of rotatable bonds is 5. The van der Waals surface area contributed by atoms with Gasteiger partial charge in [0.2, 0.25) is 11.8 Å². The zero-order chi connectivity index (χ0) is 27.1. The van der Waals surface area contributed by atoms with Gasteiger partial charge in [-0.3, -0.25) is 24.6 Å². The molecule has 2 aromatic rings. The van der Waals surface area contributed by atoms with Crippen molar-refractivity contribution < 1.29 is 32.3 Å². The van der Waals surface area contributed by atoms with Crippen LogP contribution in [0.3, 0.4) is 0 Å². The van der Waals surface area contributed by atoms with Gasteiger partial charge in [0.15, 0.2) is 0 Å². The summed E-state index contributed by atoms with van der Waals surface area (Å²) in [6, 6.07) is 6.58. The topological polar surface area (TPSA) is 98.8 Å². The Hall–Kier alpha value is -3.60. The predicted molar refractivity (Wildman–Crippen MR) is 129 cm³/mol. The molecule has 8 nitrogen and oxygen atoms in total. The van der Waals surface area contributed by atoms with Crippen LogP contribution in [0.15, 0.2) is 36.4 Å². The lowest BCUT2D eigenvalue weighted by molar-refractivity contribution is -0.138. The number of amides is 5. The second-order valence-corrected chi connectivity index (χ2v) is 9.58. The highest BCUT2D eigenvalue weighted by Gasteiger charge is 2.39. The lowest BCUT2D eigenvalue weighted by Crippen LogP contribution is -2.52. The number of hydrogen-bond donors (Lipinski definition) is 2. The van der Waals surface area contributed by atoms with Gasteiger partial charge in [0.05, 0.1) is 10.6 Å². The van der Waals surface area contributed by atoms with E-state index in [0.29, 0.717) is 11.1 Å². The van der Waals surface area contributed by atoms with Crippen molar-refractivity contribution in [1.29, 1.82) is 0 Å². The quantitative estimate of drug-likeness (QED) is 0.558. The minimum atomic E-state index is -4.61. The van der Waals surface area contributed by atoms with E-state index in [9.17, 15) is 32.3 Å². The highest BCUT2D eigenvalue weighted by molar-refractivity contribution is 6.31. The molecule has 0 aromatic heterocycles. The van der Waals surface area contributed by atoms with E-state index in [1.807, 2.05) is 0 Å². The third-order valence-electron chi connectivity index (χ3n) is 6.31. The molecule has 0 bridgehead atoms. The van der Waals surface area contributed by atoms with Gasteiger partial charge in [-0.15, -0.1) is 0 Å². The summed E-state index contributed by atoms with van der Waals surface area (Å²) in [5.74, 6) is -1.19. The molecule has 2 N–H and O–H groups in total. The molecule has 0 radical (unpaired) electrons. The van der Waals surface area contributed by atoms with E-state index >= 15 is 0 Å². The number of urea groups is 1. The van der Waals surface area contributed by atoms with Crippen molar-refractivity contribution in [1.82, 2.24) is 15.5 Å². The molecule has 1 atom stereocenters. The number of halogens is 4. The smallest absolute Gasteiger partial charge is 0.334 e. The molecule has 0 saturated carbocycles. The minimum absolute atomic E-state index is 0.0510. The van der Waals surface area contributed by atoms with Gasteiger partial charge in [0.1, 0.15) is 6.04 Å². The van der Waals surface area contributed by atoms with Crippen molar-refractivity contribution in [2.75, 3.05) is 4.90 Å². The molecule has 2 aliphatic rings. The van der Waals surface area contributed by atoms with Crippen molar-refractivity contribution in [3.05, 3.63) is 63.7 Å². The first kappa shape index (κ1) is 26.5. The maximum atomic E-state index is 13.1. The van der Waals surface area contributed by atoms with E-state index in [2.05, 4.69) is 10.6 Å². The number of hydrogen-bond acceptors (Lipinski definition) is 4. The summed E-state index contributed by atoms with van der Waals surface area (Å²) in [5, 5.41) is 4.47. The second-order valence-electron chi connectivity index (χ2n) is 9.18. The van der Waals surface area contributed by atoms with Crippen LogP contribution in [0.4, 0.5) is 23.7 Å². The fraction of sp³-hybridized carbons (Fsp3) is 0.360. The number of fused-ring (bicyclic) bond motifs is 1. The number of alkyl halides is 3. The standard InChI is InChI=1S/C25H24ClF3N4O4/c1-13(2)33(16-5-6-18(19(26)10-16)25(27,28)29)24(37)30-11-14-3-4-15-12-32(23(36)17(15)9-14)20-7-8-21(34)31-22(20)35/h3-6,9-10,13,20H,7-8,11-12H2,1-2H3,(H,30,37)(H,31,34,35). The molecule has 2 heterocycles. The van der Waals surface area contributed by atoms with Crippen molar-refractivity contribution >= 4 is 41.0 Å². The van der Waals surface area contributed by atoms with Crippen LogP contribution in [0.2, 0.25) is 5.02 Å². The number of nitrogens with zero attached hydrogens (tertiary/aromatic N) is 2. The first-order valence-corrected chi connectivity index (χ1v) is 11.9. The molecule has 2 aliphatic heterocycles. The summed E-state index contributed by atoms with van der Waals surface area (Å²) >= 11 is 5.84. The van der Waals surface area contributed by atoms with Crippen LogP contribution in [0, 0.1) is 0 Å². The lowest BCUT2D eigenvalue weighted by Gasteiger charge is -2.29. The molecule has 4 rings (SSSR count). The number of piperidine rings is 1. The van der Waals surface area contributed by atoms with E-state index in [0.717, 1.165) is 17.7 Å². The van der Waals surface area contributed by atoms with Gasteiger partial charge >= 0.3 is 12.2 Å². The molecule has 37 heavy (non-hydrogen) atoms. The van der Waals surface area contributed by atoms with Crippen LogP contribution < -0.4 is 15.5 Å². The van der Waals surface area contributed by atoms with Crippen LogP contribution >= 0.6 is 11.6 Å².